The SMILES string of the molecule is CC(C)C[C@H](NC(=O)[C@H](Cc1ccccc1)N(C)C(=O)[C@H](COC(C)(C)C)NC(=O)[C@H](Cc1ccccc1)N(C)C(=O)[C@H](C)N(C)C(=O)[C@H](CC(C)C)N(C)C(=O)[C@@H](C)N)C(=O)N(C)[C@@H](CC(C)C)C(=O)N[C@H](C(=O)N(C)[C@@H](Cc1ccccc1)C(=O)N[C@@H](CC(=O)O)C(=O)N1CCCCC1)[C@@H](C)OC1CCCCO1. The number of likely N-dealkylation sites (N-methyl/N-ethyl adjacent to an activating group) is 6. The first kappa shape index (κ1) is 91.7. The van der Waals surface area contributed by atoms with E-state index in [2.05, 4.69) is 21.3 Å². The average Bonchev–Trinajstić information content (AvgIpc) is 0.815. The molecular formula is C82H126N12O16. The molecule has 0 radical (unpaired) electrons. The molecule has 0 aromatic heterocycles. The molecule has 1 unspecified atom stereocenters. The van der Waals surface area contributed by atoms with Crippen molar-refractivity contribution in [3.8, 4) is 0 Å². The molecule has 2 saturated heterocycles. The van der Waals surface area contributed by atoms with Gasteiger partial charge in [-0.25, -0.2) is 0 Å². The van der Waals surface area contributed by atoms with E-state index in [9.17, 15) is 33.9 Å². The summed E-state index contributed by atoms with van der Waals surface area (Å²) in [5.41, 5.74) is 7.00. The van der Waals surface area contributed by atoms with Crippen LogP contribution in [0.4, 0.5) is 0 Å². The maximum atomic E-state index is 15.6. The van der Waals surface area contributed by atoms with Gasteiger partial charge in [-0.2, -0.15) is 0 Å². The Bertz CT molecular complexity index is 3510. The number of likely N-dealkylation sites (tertiary alicyclic amines) is 1. The van der Waals surface area contributed by atoms with Crippen LogP contribution in [0.2, 0.25) is 0 Å². The number of rotatable bonds is 40. The summed E-state index contributed by atoms with van der Waals surface area (Å²) in [5.74, 6) is -9.43. The second-order valence-corrected chi connectivity index (χ2v) is 31.9. The summed E-state index contributed by atoms with van der Waals surface area (Å²) in [6.45, 7) is 21.9. The van der Waals surface area contributed by atoms with Crippen LogP contribution in [-0.4, -0.2) is 263 Å². The minimum atomic E-state index is -1.56. The fourth-order valence-corrected chi connectivity index (χ4v) is 13.7. The highest BCUT2D eigenvalue weighted by atomic mass is 16.7. The van der Waals surface area contributed by atoms with Crippen molar-refractivity contribution in [1.29, 1.82) is 0 Å². The first-order chi connectivity index (χ1) is 51.7. The van der Waals surface area contributed by atoms with Crippen molar-refractivity contribution >= 4 is 70.9 Å². The normalized spacial score (nSPS) is 17.2. The number of piperidine rings is 1. The largest absolute Gasteiger partial charge is 0.481 e. The molecule has 28 nitrogen and oxygen atoms in total. The minimum Gasteiger partial charge on any atom is -0.481 e. The monoisotopic (exact) mass is 1530 g/mol. The molecule has 0 bridgehead atoms. The van der Waals surface area contributed by atoms with Gasteiger partial charge in [0.1, 0.15) is 60.4 Å². The standard InChI is InChI=1S/C82H126N12O16/c1-51(2)43-60(77(103)90(15)63(44-52(3)4)74(100)87-70(56(9)110-69-39-29-32-42-108-69)81(107)92(17)66(48-59-37-27-21-28-38-59)72(98)85-61(49-68(95)96)79(105)94-40-30-22-31-41-94)84-71(97)65(47-58-35-25-20-26-36-58)91(16)78(104)62(50-109-82(10,11)12)86-73(99)64(46-57-33-23-19-24-34-57)89(14)76(102)55(8)88(13)80(106)67(45-53(5)6)93(18)75(101)54(7)83/h19-21,23-28,33-38,51-56,60-67,69-70H,22,29-32,39-50,83H2,1-18H3,(H,84,97)(H,85,98)(H,86,99)(H,87,100)(H,95,96)/t54-,55+,56-,60+,61+,62+,63+,64+,65+,66+,67+,69?,70+/m1/s1. The summed E-state index contributed by atoms with van der Waals surface area (Å²) in [4.78, 5) is 185. The number of nitrogens with zero attached hydrogens (tertiary/aromatic N) is 7. The third-order valence-electron chi connectivity index (χ3n) is 20.3. The third kappa shape index (κ3) is 27.9. The van der Waals surface area contributed by atoms with E-state index < -0.39 is 168 Å². The van der Waals surface area contributed by atoms with E-state index in [-0.39, 0.29) is 56.3 Å². The summed E-state index contributed by atoms with van der Waals surface area (Å²) in [5, 5.41) is 21.5. The maximum absolute atomic E-state index is 15.6. The minimum absolute atomic E-state index is 0.0333. The fourth-order valence-electron chi connectivity index (χ4n) is 13.7. The lowest BCUT2D eigenvalue weighted by molar-refractivity contribution is -0.193. The van der Waals surface area contributed by atoms with Crippen LogP contribution < -0.4 is 27.0 Å². The van der Waals surface area contributed by atoms with Crippen LogP contribution >= 0.6 is 0 Å². The van der Waals surface area contributed by atoms with Crippen molar-refractivity contribution in [2.24, 2.45) is 23.5 Å². The van der Waals surface area contributed by atoms with Gasteiger partial charge >= 0.3 is 5.97 Å². The summed E-state index contributed by atoms with van der Waals surface area (Å²) < 4.78 is 18.6. The molecule has 2 aliphatic heterocycles. The van der Waals surface area contributed by atoms with Crippen LogP contribution in [0.1, 0.15) is 164 Å². The summed E-state index contributed by atoms with van der Waals surface area (Å²) in [6, 6.07) is 12.3. The van der Waals surface area contributed by atoms with Gasteiger partial charge in [0.25, 0.3) is 0 Å². The quantitative estimate of drug-likeness (QED) is 0.0417. The van der Waals surface area contributed by atoms with E-state index in [4.69, 9.17) is 19.9 Å². The highest BCUT2D eigenvalue weighted by Gasteiger charge is 2.44. The number of nitrogens with two attached hydrogens (primary N) is 1. The van der Waals surface area contributed by atoms with E-state index >= 15 is 28.8 Å². The lowest BCUT2D eigenvalue weighted by Gasteiger charge is -2.38. The van der Waals surface area contributed by atoms with Crippen molar-refractivity contribution in [1.82, 2.24) is 55.6 Å². The van der Waals surface area contributed by atoms with Crippen LogP contribution in [-0.2, 0) is 91.0 Å². The second kappa shape index (κ2) is 43.7. The smallest absolute Gasteiger partial charge is 0.305 e. The number of carboxylic acids is 1. The Morgan fingerprint density at radius 2 is 0.891 bits per heavy atom. The van der Waals surface area contributed by atoms with Crippen LogP contribution in [0.5, 0.6) is 0 Å². The van der Waals surface area contributed by atoms with Crippen molar-refractivity contribution in [3.63, 3.8) is 0 Å². The van der Waals surface area contributed by atoms with Crippen molar-refractivity contribution < 1.29 is 76.9 Å². The Hall–Kier alpha value is -8.86. The molecule has 110 heavy (non-hydrogen) atoms. The summed E-state index contributed by atoms with van der Waals surface area (Å²) >= 11 is 0. The van der Waals surface area contributed by atoms with E-state index in [0.29, 0.717) is 55.6 Å². The van der Waals surface area contributed by atoms with Crippen molar-refractivity contribution in [2.75, 3.05) is 68.6 Å². The zero-order valence-corrected chi connectivity index (χ0v) is 68.2. The van der Waals surface area contributed by atoms with Gasteiger partial charge in [-0.05, 0) is 134 Å². The maximum Gasteiger partial charge on any atom is 0.305 e. The molecule has 28 heteroatoms. The zero-order chi connectivity index (χ0) is 82.0. The molecule has 11 amide bonds. The summed E-state index contributed by atoms with van der Waals surface area (Å²) in [7, 11) is 8.60. The second-order valence-electron chi connectivity index (χ2n) is 31.9. The molecule has 7 N–H and O–H groups in total. The summed E-state index contributed by atoms with van der Waals surface area (Å²) in [6.07, 6.45) is 1.80. The fraction of sp³-hybridized carbons (Fsp3) is 0.634. The first-order valence-corrected chi connectivity index (χ1v) is 38.8. The Morgan fingerprint density at radius 1 is 0.482 bits per heavy atom. The van der Waals surface area contributed by atoms with E-state index in [1.165, 1.54) is 85.5 Å². The van der Waals surface area contributed by atoms with Crippen molar-refractivity contribution in [2.45, 2.75) is 251 Å². The highest BCUT2D eigenvalue weighted by molar-refractivity contribution is 6.00. The van der Waals surface area contributed by atoms with Gasteiger partial charge in [-0.1, -0.05) is 133 Å². The lowest BCUT2D eigenvalue weighted by atomic mass is 9.97. The first-order valence-electron chi connectivity index (χ1n) is 38.8. The number of carbonyl (C=O) groups excluding carboxylic acids is 11. The van der Waals surface area contributed by atoms with Gasteiger partial charge in [0.05, 0.1) is 30.8 Å². The Kier molecular flexibility index (Phi) is 36.4. The number of hydrogen-bond donors (Lipinski definition) is 6. The van der Waals surface area contributed by atoms with Gasteiger partial charge in [-0.15, -0.1) is 0 Å². The van der Waals surface area contributed by atoms with E-state index in [0.717, 1.165) is 24.2 Å². The molecule has 2 heterocycles. The lowest BCUT2D eigenvalue weighted by Crippen LogP contribution is -2.63. The number of nitrogens with one attached hydrogen (secondary N) is 4. The van der Waals surface area contributed by atoms with Gasteiger partial charge in [0, 0.05) is 81.2 Å². The van der Waals surface area contributed by atoms with Gasteiger partial charge < -0.3 is 80.6 Å². The Morgan fingerprint density at radius 3 is 1.33 bits per heavy atom. The molecule has 610 valence electrons. The van der Waals surface area contributed by atoms with Crippen LogP contribution in [0.15, 0.2) is 91.0 Å². The average molecular weight is 1540 g/mol. The molecule has 3 aromatic rings. The van der Waals surface area contributed by atoms with Crippen molar-refractivity contribution in [3.05, 3.63) is 108 Å². The topological polar surface area (TPSA) is 350 Å². The number of carboxylic acid groups (broad SMARTS) is 1. The molecule has 0 spiro atoms. The predicted molar refractivity (Wildman–Crippen MR) is 418 cm³/mol. The number of benzene rings is 3. The van der Waals surface area contributed by atoms with Crippen LogP contribution in [0.3, 0.4) is 0 Å². The highest BCUT2D eigenvalue weighted by Crippen LogP contribution is 2.25. The van der Waals surface area contributed by atoms with Crippen LogP contribution in [0.25, 0.3) is 0 Å². The number of hydrogen-bond acceptors (Lipinski definition) is 16. The zero-order valence-electron chi connectivity index (χ0n) is 68.2. The van der Waals surface area contributed by atoms with Gasteiger partial charge in [0.15, 0.2) is 6.29 Å². The number of aliphatic carboxylic acids is 1. The van der Waals surface area contributed by atoms with E-state index in [1.54, 1.807) is 119 Å². The molecule has 2 aliphatic rings. The Balaban J connectivity index is 1.51. The molecule has 0 aliphatic carbocycles. The van der Waals surface area contributed by atoms with Gasteiger partial charge in [-0.3, -0.25) is 57.5 Å². The molecule has 13 atom stereocenters. The Labute approximate surface area is 651 Å². The molecular weight excluding hydrogens is 1410 g/mol. The molecule has 0 saturated carbocycles. The molecule has 2 fully saturated rings. The van der Waals surface area contributed by atoms with E-state index in [1.807, 2.05) is 41.5 Å². The molecule has 3 aromatic carbocycles. The predicted octanol–water partition coefficient (Wildman–Crippen LogP) is 5.36. The number of carbonyl (C=O) groups is 12. The molecule has 5 rings (SSSR count). The van der Waals surface area contributed by atoms with Gasteiger partial charge in [0.2, 0.25) is 65.0 Å². The number of amides is 11. The number of ether oxygens (including phenoxy) is 3. The third-order valence-corrected chi connectivity index (χ3v) is 20.3. The van der Waals surface area contributed by atoms with Crippen LogP contribution in [0, 0.1) is 17.8 Å².